The smallest absolute Gasteiger partial charge is 0.410 e. The van der Waals surface area contributed by atoms with Crippen LogP contribution < -0.4 is 20.3 Å². The fourth-order valence-corrected chi connectivity index (χ4v) is 3.24. The maximum atomic E-state index is 12.0. The van der Waals surface area contributed by atoms with Gasteiger partial charge < -0.3 is 20.3 Å². The maximum absolute atomic E-state index is 12.0. The van der Waals surface area contributed by atoms with Crippen LogP contribution in [0, 0.1) is 6.92 Å². The zero-order chi connectivity index (χ0) is 19.2. The van der Waals surface area contributed by atoms with Gasteiger partial charge in [-0.3, -0.25) is 0 Å². The fraction of sp³-hybridized carbons (Fsp3) is 0.450. The summed E-state index contributed by atoms with van der Waals surface area (Å²) in [6.07, 6.45) is 3.37. The van der Waals surface area contributed by atoms with E-state index in [0.717, 1.165) is 43.1 Å². The first-order valence-corrected chi connectivity index (χ1v) is 9.32. The molecular formula is C20H27N5O2. The Morgan fingerprint density at radius 3 is 2.41 bits per heavy atom. The zero-order valence-electron chi connectivity index (χ0n) is 16.1. The third-order valence-electron chi connectivity index (χ3n) is 4.64. The molecule has 0 unspecified atom stereocenters. The molecule has 1 fully saturated rings. The van der Waals surface area contributed by atoms with Crippen LogP contribution in [-0.2, 0) is 0 Å². The summed E-state index contributed by atoms with van der Waals surface area (Å²) in [6, 6.07) is 11.6. The largest absolute Gasteiger partial charge is 0.412 e. The minimum Gasteiger partial charge on any atom is -0.410 e. The van der Waals surface area contributed by atoms with Gasteiger partial charge in [0.15, 0.2) is 0 Å². The Balaban J connectivity index is 1.47. The number of hydrogen-bond acceptors (Lipinski definition) is 6. The summed E-state index contributed by atoms with van der Waals surface area (Å²) in [5, 5.41) is 6.47. The summed E-state index contributed by atoms with van der Waals surface area (Å²) in [5.74, 6) is 3.05. The van der Waals surface area contributed by atoms with Gasteiger partial charge in [-0.2, -0.15) is 0 Å². The molecule has 2 aromatic rings. The first-order chi connectivity index (χ1) is 13.0. The van der Waals surface area contributed by atoms with E-state index in [4.69, 9.17) is 4.74 Å². The molecule has 0 atom stereocenters. The summed E-state index contributed by atoms with van der Waals surface area (Å²) < 4.78 is 5.30. The summed E-state index contributed by atoms with van der Waals surface area (Å²) in [4.78, 5) is 22.9. The Kier molecular flexibility index (Phi) is 6.11. The van der Waals surface area contributed by atoms with Crippen LogP contribution in [0.2, 0.25) is 0 Å². The third kappa shape index (κ3) is 5.57. The van der Waals surface area contributed by atoms with E-state index in [1.54, 1.807) is 12.1 Å². The van der Waals surface area contributed by atoms with Crippen LogP contribution >= 0.6 is 0 Å². The van der Waals surface area contributed by atoms with E-state index in [2.05, 4.69) is 20.6 Å². The number of nitrogens with zero attached hydrogens (tertiary/aromatic N) is 3. The standard InChI is InChI=1S/C20H27N5O2/c1-14-21-18(13-19(22-14)25(2)3)23-15-9-11-16(12-10-15)24-20(26)27-17-7-5-4-6-8-17/h4-8,13,15-16H,9-12H2,1-3H3,(H,24,26)(H,21,22,23). The van der Waals surface area contributed by atoms with Crippen LogP contribution in [0.3, 0.4) is 0 Å². The number of rotatable bonds is 5. The quantitative estimate of drug-likeness (QED) is 0.841. The molecule has 1 aliphatic carbocycles. The van der Waals surface area contributed by atoms with Gasteiger partial charge in [0, 0.05) is 32.2 Å². The van der Waals surface area contributed by atoms with Crippen molar-refractivity contribution in [2.45, 2.75) is 44.7 Å². The lowest BCUT2D eigenvalue weighted by molar-refractivity contribution is 0.191. The number of carbonyl (C=O) groups is 1. The lowest BCUT2D eigenvalue weighted by Gasteiger charge is -2.30. The van der Waals surface area contributed by atoms with E-state index in [-0.39, 0.29) is 12.1 Å². The Morgan fingerprint density at radius 2 is 1.74 bits per heavy atom. The Labute approximate surface area is 160 Å². The molecule has 3 rings (SSSR count). The highest BCUT2D eigenvalue weighted by atomic mass is 16.6. The van der Waals surface area contributed by atoms with Crippen LogP contribution in [0.5, 0.6) is 5.75 Å². The van der Waals surface area contributed by atoms with E-state index in [9.17, 15) is 4.79 Å². The van der Waals surface area contributed by atoms with E-state index in [1.165, 1.54) is 0 Å². The lowest BCUT2D eigenvalue weighted by atomic mass is 9.91. The van der Waals surface area contributed by atoms with E-state index >= 15 is 0 Å². The van der Waals surface area contributed by atoms with Crippen molar-refractivity contribution in [2.24, 2.45) is 0 Å². The number of ether oxygens (including phenoxy) is 1. The third-order valence-corrected chi connectivity index (χ3v) is 4.64. The Bertz CT molecular complexity index is 758. The van der Waals surface area contributed by atoms with E-state index in [0.29, 0.717) is 11.8 Å². The molecule has 1 heterocycles. The molecule has 0 saturated heterocycles. The van der Waals surface area contributed by atoms with Crippen molar-refractivity contribution in [1.29, 1.82) is 0 Å². The number of hydrogen-bond donors (Lipinski definition) is 2. The Morgan fingerprint density at radius 1 is 1.07 bits per heavy atom. The molecule has 0 radical (unpaired) electrons. The molecule has 1 aromatic heterocycles. The number of aromatic nitrogens is 2. The first-order valence-electron chi connectivity index (χ1n) is 9.32. The molecule has 0 bridgehead atoms. The van der Waals surface area contributed by atoms with Gasteiger partial charge >= 0.3 is 6.09 Å². The zero-order valence-corrected chi connectivity index (χ0v) is 16.1. The second-order valence-corrected chi connectivity index (χ2v) is 7.09. The SMILES string of the molecule is Cc1nc(NC2CCC(NC(=O)Oc3ccccc3)CC2)cc(N(C)C)n1. The van der Waals surface area contributed by atoms with Crippen molar-refractivity contribution in [3.8, 4) is 5.75 Å². The number of nitrogens with one attached hydrogen (secondary N) is 2. The van der Waals surface area contributed by atoms with Gasteiger partial charge in [0.05, 0.1) is 0 Å². The summed E-state index contributed by atoms with van der Waals surface area (Å²) >= 11 is 0. The summed E-state index contributed by atoms with van der Waals surface area (Å²) in [5.41, 5.74) is 0. The molecule has 1 aromatic carbocycles. The van der Waals surface area contributed by atoms with Gasteiger partial charge in [0.1, 0.15) is 23.2 Å². The maximum Gasteiger partial charge on any atom is 0.412 e. The predicted octanol–water partition coefficient (Wildman–Crippen LogP) is 3.36. The number of benzene rings is 1. The molecule has 1 amide bonds. The molecule has 144 valence electrons. The molecule has 0 spiro atoms. The highest BCUT2D eigenvalue weighted by molar-refractivity contribution is 5.70. The fourth-order valence-electron chi connectivity index (χ4n) is 3.24. The first kappa shape index (κ1) is 18.9. The van der Waals surface area contributed by atoms with Crippen molar-refractivity contribution in [2.75, 3.05) is 24.3 Å². The lowest BCUT2D eigenvalue weighted by Crippen LogP contribution is -2.41. The van der Waals surface area contributed by atoms with Crippen LogP contribution in [-0.4, -0.2) is 42.2 Å². The molecule has 1 saturated carbocycles. The van der Waals surface area contributed by atoms with Gasteiger partial charge in [-0.15, -0.1) is 0 Å². The van der Waals surface area contributed by atoms with Crippen LogP contribution in [0.4, 0.5) is 16.4 Å². The van der Waals surface area contributed by atoms with Crippen LogP contribution in [0.1, 0.15) is 31.5 Å². The average molecular weight is 369 g/mol. The molecule has 0 aliphatic heterocycles. The minimum atomic E-state index is -0.389. The van der Waals surface area contributed by atoms with Gasteiger partial charge in [-0.1, -0.05) is 18.2 Å². The second kappa shape index (κ2) is 8.70. The van der Waals surface area contributed by atoms with Crippen molar-refractivity contribution in [3.63, 3.8) is 0 Å². The predicted molar refractivity (Wildman–Crippen MR) is 106 cm³/mol. The molecule has 27 heavy (non-hydrogen) atoms. The highest BCUT2D eigenvalue weighted by Gasteiger charge is 2.23. The average Bonchev–Trinajstić information content (AvgIpc) is 2.63. The molecular weight excluding hydrogens is 342 g/mol. The monoisotopic (exact) mass is 369 g/mol. The number of carbonyl (C=O) groups excluding carboxylic acids is 1. The van der Waals surface area contributed by atoms with Crippen LogP contribution in [0.15, 0.2) is 36.4 Å². The Hall–Kier alpha value is -2.83. The molecule has 7 heteroatoms. The number of anilines is 2. The number of para-hydroxylation sites is 1. The second-order valence-electron chi connectivity index (χ2n) is 7.09. The van der Waals surface area contributed by atoms with Gasteiger partial charge in [-0.05, 0) is 44.7 Å². The van der Waals surface area contributed by atoms with Crippen molar-refractivity contribution in [3.05, 3.63) is 42.2 Å². The number of aryl methyl sites for hydroxylation is 1. The van der Waals surface area contributed by atoms with Gasteiger partial charge in [0.2, 0.25) is 0 Å². The molecule has 7 nitrogen and oxygen atoms in total. The van der Waals surface area contributed by atoms with Crippen LogP contribution in [0.25, 0.3) is 0 Å². The molecule has 2 N–H and O–H groups in total. The highest BCUT2D eigenvalue weighted by Crippen LogP contribution is 2.23. The topological polar surface area (TPSA) is 79.4 Å². The summed E-state index contributed by atoms with van der Waals surface area (Å²) in [7, 11) is 3.94. The van der Waals surface area contributed by atoms with Crippen molar-refractivity contribution in [1.82, 2.24) is 15.3 Å². The van der Waals surface area contributed by atoms with E-state index < -0.39 is 0 Å². The normalized spacial score (nSPS) is 19.2. The molecule has 1 aliphatic rings. The van der Waals surface area contributed by atoms with Gasteiger partial charge in [-0.25, -0.2) is 14.8 Å². The van der Waals surface area contributed by atoms with Crippen molar-refractivity contribution < 1.29 is 9.53 Å². The number of amides is 1. The van der Waals surface area contributed by atoms with Gasteiger partial charge in [0.25, 0.3) is 0 Å². The van der Waals surface area contributed by atoms with E-state index in [1.807, 2.05) is 50.2 Å². The minimum absolute atomic E-state index is 0.142. The summed E-state index contributed by atoms with van der Waals surface area (Å²) in [6.45, 7) is 1.90. The van der Waals surface area contributed by atoms with Crippen molar-refractivity contribution >= 4 is 17.7 Å².